The summed E-state index contributed by atoms with van der Waals surface area (Å²) in [6, 6.07) is 2.86. The Morgan fingerprint density at radius 3 is 2.05 bits per heavy atom. The van der Waals surface area contributed by atoms with Crippen LogP contribution in [0.4, 0.5) is 0 Å². The minimum absolute atomic E-state index is 0.126. The highest BCUT2D eigenvalue weighted by molar-refractivity contribution is 6.31. The number of benzene rings is 2. The Balaban J connectivity index is 2.41. The van der Waals surface area contributed by atoms with Crippen molar-refractivity contribution in [3.05, 3.63) is 46.0 Å². The van der Waals surface area contributed by atoms with Gasteiger partial charge in [-0.25, -0.2) is 0 Å². The molecule has 0 saturated carbocycles. The molecule has 0 atom stereocenters. The highest BCUT2D eigenvalue weighted by Gasteiger charge is 2.37. The van der Waals surface area contributed by atoms with Crippen molar-refractivity contribution in [2.45, 2.75) is 6.61 Å². The fraction of sp³-hybridized carbons (Fsp3) is 0.0667. The lowest BCUT2D eigenvalue weighted by Crippen LogP contribution is -2.22. The van der Waals surface area contributed by atoms with Crippen LogP contribution < -0.4 is 0 Å². The van der Waals surface area contributed by atoms with Crippen LogP contribution in [0.3, 0.4) is 0 Å². The maximum atomic E-state index is 12.5. The third-order valence-electron chi connectivity index (χ3n) is 3.56. The van der Waals surface area contributed by atoms with E-state index < -0.39 is 52.3 Å². The molecule has 0 aliphatic heterocycles. The Morgan fingerprint density at radius 1 is 0.773 bits per heavy atom. The number of rotatable bonds is 1. The number of aliphatic hydroxyl groups is 1. The maximum absolute atomic E-state index is 12.5. The van der Waals surface area contributed by atoms with Gasteiger partial charge in [-0.15, -0.1) is 0 Å². The maximum Gasteiger partial charge on any atom is 0.202 e. The number of ketones is 2. The molecule has 22 heavy (non-hydrogen) atoms. The highest BCUT2D eigenvalue weighted by atomic mass is 16.3. The quantitative estimate of drug-likeness (QED) is 0.419. The van der Waals surface area contributed by atoms with E-state index in [1.807, 2.05) is 0 Å². The largest absolute Gasteiger partial charge is 0.508 e. The lowest BCUT2D eigenvalue weighted by atomic mass is 9.81. The van der Waals surface area contributed by atoms with Gasteiger partial charge < -0.3 is 25.5 Å². The summed E-state index contributed by atoms with van der Waals surface area (Å²) in [6.07, 6.45) is 0. The molecule has 112 valence electrons. The Morgan fingerprint density at radius 2 is 1.41 bits per heavy atom. The van der Waals surface area contributed by atoms with Crippen molar-refractivity contribution in [1.82, 2.24) is 0 Å². The molecule has 1 aliphatic rings. The van der Waals surface area contributed by atoms with Gasteiger partial charge in [0.25, 0.3) is 0 Å². The van der Waals surface area contributed by atoms with Gasteiger partial charge in [-0.1, -0.05) is 0 Å². The molecule has 0 spiro atoms. The van der Waals surface area contributed by atoms with Gasteiger partial charge in [0, 0.05) is 17.2 Å². The molecule has 7 heteroatoms. The van der Waals surface area contributed by atoms with Crippen molar-refractivity contribution in [1.29, 1.82) is 0 Å². The van der Waals surface area contributed by atoms with Crippen molar-refractivity contribution in [2.24, 2.45) is 0 Å². The van der Waals surface area contributed by atoms with Crippen molar-refractivity contribution in [2.75, 3.05) is 0 Å². The molecule has 0 saturated heterocycles. The molecule has 0 heterocycles. The number of carbonyl (C=O) groups is 2. The minimum Gasteiger partial charge on any atom is -0.508 e. The van der Waals surface area contributed by atoms with Crippen molar-refractivity contribution >= 4 is 11.6 Å². The second-order valence-corrected chi connectivity index (χ2v) is 4.86. The summed E-state index contributed by atoms with van der Waals surface area (Å²) in [5, 5.41) is 48.4. The summed E-state index contributed by atoms with van der Waals surface area (Å²) in [5.41, 5.74) is -1.69. The predicted octanol–water partition coefficient (Wildman–Crippen LogP) is 0.777. The third-order valence-corrected chi connectivity index (χ3v) is 3.56. The van der Waals surface area contributed by atoms with E-state index in [1.54, 1.807) is 0 Å². The van der Waals surface area contributed by atoms with Crippen LogP contribution >= 0.6 is 0 Å². The van der Waals surface area contributed by atoms with Gasteiger partial charge in [-0.05, 0) is 12.1 Å². The number of hydrogen-bond donors (Lipinski definition) is 5. The topological polar surface area (TPSA) is 135 Å². The van der Waals surface area contributed by atoms with E-state index >= 15 is 0 Å². The van der Waals surface area contributed by atoms with E-state index in [0.29, 0.717) is 0 Å². The fourth-order valence-corrected chi connectivity index (χ4v) is 2.57. The van der Waals surface area contributed by atoms with Crippen LogP contribution in [0.5, 0.6) is 23.0 Å². The number of phenolic OH excluding ortho intramolecular Hbond substituents is 3. The molecular formula is C15H10O7. The van der Waals surface area contributed by atoms with Crippen LogP contribution in [0, 0.1) is 0 Å². The van der Waals surface area contributed by atoms with Crippen molar-refractivity contribution in [3.63, 3.8) is 0 Å². The zero-order valence-electron chi connectivity index (χ0n) is 11.0. The standard InChI is InChI=1S/C15H10O7/c16-4-5-1-8(18)11-12(13(5)20)15(22)10-7(14(11)21)2-6(17)3-9(10)19/h1-3,16-20H,4H2. The minimum atomic E-state index is -0.884. The molecule has 3 rings (SSSR count). The molecule has 7 nitrogen and oxygen atoms in total. The number of carbonyl (C=O) groups excluding carboxylic acids is 2. The lowest BCUT2D eigenvalue weighted by molar-refractivity contribution is 0.0971. The summed E-state index contributed by atoms with van der Waals surface area (Å²) in [5.74, 6) is -3.96. The van der Waals surface area contributed by atoms with Crippen molar-refractivity contribution in [3.8, 4) is 23.0 Å². The normalized spacial score (nSPS) is 13.0. The molecule has 0 aromatic heterocycles. The summed E-state index contributed by atoms with van der Waals surface area (Å²) >= 11 is 0. The molecule has 0 amide bonds. The first-order chi connectivity index (χ1) is 10.4. The number of aliphatic hydroxyl groups excluding tert-OH is 1. The van der Waals surface area contributed by atoms with Gasteiger partial charge >= 0.3 is 0 Å². The molecule has 0 fully saturated rings. The van der Waals surface area contributed by atoms with Crippen molar-refractivity contribution < 1.29 is 35.1 Å². The van der Waals surface area contributed by atoms with Crippen LogP contribution in [0.2, 0.25) is 0 Å². The molecular weight excluding hydrogens is 292 g/mol. The summed E-state index contributed by atoms with van der Waals surface area (Å²) < 4.78 is 0. The number of hydrogen-bond acceptors (Lipinski definition) is 7. The van der Waals surface area contributed by atoms with E-state index in [-0.39, 0.29) is 16.7 Å². The van der Waals surface area contributed by atoms with Gasteiger partial charge in [-0.2, -0.15) is 0 Å². The molecule has 0 unspecified atom stereocenters. The van der Waals surface area contributed by atoms with E-state index in [9.17, 15) is 30.0 Å². The third kappa shape index (κ3) is 1.66. The van der Waals surface area contributed by atoms with Gasteiger partial charge in [0.1, 0.15) is 23.0 Å². The van der Waals surface area contributed by atoms with Crippen LogP contribution in [0.15, 0.2) is 18.2 Å². The van der Waals surface area contributed by atoms with Crippen LogP contribution in [-0.2, 0) is 6.61 Å². The molecule has 2 aromatic carbocycles. The van der Waals surface area contributed by atoms with E-state index in [4.69, 9.17) is 5.11 Å². The summed E-state index contributed by atoms with van der Waals surface area (Å²) in [6.45, 7) is -0.650. The van der Waals surface area contributed by atoms with Crippen LogP contribution in [0.1, 0.15) is 37.4 Å². The Labute approximate surface area is 123 Å². The summed E-state index contributed by atoms with van der Waals surface area (Å²) in [4.78, 5) is 24.9. The second kappa shape index (κ2) is 4.47. The zero-order chi connectivity index (χ0) is 16.2. The first-order valence-corrected chi connectivity index (χ1v) is 6.20. The van der Waals surface area contributed by atoms with Gasteiger partial charge in [-0.3, -0.25) is 9.59 Å². The number of fused-ring (bicyclic) bond motifs is 2. The predicted molar refractivity (Wildman–Crippen MR) is 72.3 cm³/mol. The monoisotopic (exact) mass is 302 g/mol. The smallest absolute Gasteiger partial charge is 0.202 e. The Bertz CT molecular complexity index is 852. The lowest BCUT2D eigenvalue weighted by Gasteiger charge is -2.21. The fourth-order valence-electron chi connectivity index (χ4n) is 2.57. The van der Waals surface area contributed by atoms with E-state index in [0.717, 1.165) is 18.2 Å². The van der Waals surface area contributed by atoms with Crippen LogP contribution in [-0.4, -0.2) is 37.1 Å². The average molecular weight is 302 g/mol. The first kappa shape index (κ1) is 13.9. The van der Waals surface area contributed by atoms with Gasteiger partial charge in [0.15, 0.2) is 5.78 Å². The molecule has 5 N–H and O–H groups in total. The highest BCUT2D eigenvalue weighted by Crippen LogP contribution is 2.43. The van der Waals surface area contributed by atoms with E-state index in [1.165, 1.54) is 0 Å². The molecule has 0 radical (unpaired) electrons. The average Bonchev–Trinajstić information content (AvgIpc) is 2.45. The molecule has 1 aliphatic carbocycles. The number of phenols is 4. The van der Waals surface area contributed by atoms with Crippen LogP contribution in [0.25, 0.3) is 0 Å². The Hall–Kier alpha value is -3.06. The SMILES string of the molecule is O=C1c2cc(O)cc(O)c2C(=O)c2c(O)c(CO)cc(O)c21. The number of aromatic hydroxyl groups is 4. The van der Waals surface area contributed by atoms with Gasteiger partial charge in [0.2, 0.25) is 5.78 Å². The van der Waals surface area contributed by atoms with E-state index in [2.05, 4.69) is 0 Å². The first-order valence-electron chi connectivity index (χ1n) is 6.20. The second-order valence-electron chi connectivity index (χ2n) is 4.86. The zero-order valence-corrected chi connectivity index (χ0v) is 11.0. The van der Waals surface area contributed by atoms with Gasteiger partial charge in [0.05, 0.1) is 23.3 Å². The molecule has 2 aromatic rings. The molecule has 0 bridgehead atoms. The Kier molecular flexibility index (Phi) is 2.82. The summed E-state index contributed by atoms with van der Waals surface area (Å²) in [7, 11) is 0.